The van der Waals surface area contributed by atoms with Crippen LogP contribution in [0.4, 0.5) is 5.82 Å². The van der Waals surface area contributed by atoms with Crippen LogP contribution in [-0.4, -0.2) is 55.0 Å². The van der Waals surface area contributed by atoms with Crippen LogP contribution in [0.2, 0.25) is 0 Å². The predicted octanol–water partition coefficient (Wildman–Crippen LogP) is 1.32. The molecule has 1 aromatic rings. The fourth-order valence-corrected chi connectivity index (χ4v) is 2.49. The quantitative estimate of drug-likeness (QED) is 0.783. The lowest BCUT2D eigenvalue weighted by atomic mass is 10.2. The van der Waals surface area contributed by atoms with Crippen LogP contribution in [0.25, 0.3) is 0 Å². The van der Waals surface area contributed by atoms with Crippen LogP contribution < -0.4 is 4.90 Å². The summed E-state index contributed by atoms with van der Waals surface area (Å²) in [5, 5.41) is 0. The van der Waals surface area contributed by atoms with Crippen LogP contribution in [0, 0.1) is 0 Å². The van der Waals surface area contributed by atoms with E-state index in [9.17, 15) is 9.59 Å². The van der Waals surface area contributed by atoms with E-state index in [4.69, 9.17) is 4.74 Å². The molecule has 1 fully saturated rings. The molecule has 21 heavy (non-hydrogen) atoms. The Morgan fingerprint density at radius 2 is 2.19 bits per heavy atom. The van der Waals surface area contributed by atoms with Crippen LogP contribution in [-0.2, 0) is 9.53 Å². The molecule has 0 bridgehead atoms. The smallest absolute Gasteiger partial charge is 0.339 e. The minimum Gasteiger partial charge on any atom is -0.462 e. The number of rotatable bonds is 4. The van der Waals surface area contributed by atoms with Gasteiger partial charge in [0.25, 0.3) is 0 Å². The molecule has 6 nitrogen and oxygen atoms in total. The maximum Gasteiger partial charge on any atom is 0.339 e. The Bertz CT molecular complexity index is 513. The number of hydrogen-bond acceptors (Lipinski definition) is 5. The highest BCUT2D eigenvalue weighted by molar-refractivity contribution is 5.89. The maximum atomic E-state index is 12.2. The summed E-state index contributed by atoms with van der Waals surface area (Å²) in [5.74, 6) is 0.434. The summed E-state index contributed by atoms with van der Waals surface area (Å²) in [6, 6.07) is 3.30. The molecule has 2 rings (SSSR count). The largest absolute Gasteiger partial charge is 0.462 e. The minimum atomic E-state index is -0.376. The molecule has 1 aliphatic rings. The highest BCUT2D eigenvalue weighted by Gasteiger charge is 2.32. The summed E-state index contributed by atoms with van der Waals surface area (Å²) >= 11 is 0. The number of nitrogens with zero attached hydrogens (tertiary/aromatic N) is 3. The van der Waals surface area contributed by atoms with Crippen molar-refractivity contribution < 1.29 is 14.3 Å². The van der Waals surface area contributed by atoms with Crippen molar-refractivity contribution in [2.24, 2.45) is 0 Å². The lowest BCUT2D eigenvalue weighted by Gasteiger charge is -2.27. The van der Waals surface area contributed by atoms with Gasteiger partial charge in [0.2, 0.25) is 5.91 Å². The molecule has 114 valence electrons. The first-order chi connectivity index (χ1) is 10.0. The fourth-order valence-electron chi connectivity index (χ4n) is 2.49. The van der Waals surface area contributed by atoms with Gasteiger partial charge in [0.1, 0.15) is 11.9 Å². The van der Waals surface area contributed by atoms with Gasteiger partial charge in [-0.25, -0.2) is 9.78 Å². The normalized spacial score (nSPS) is 17.7. The second-order valence-electron chi connectivity index (χ2n) is 5.21. The lowest BCUT2D eigenvalue weighted by Crippen LogP contribution is -2.43. The molecule has 1 atom stereocenters. The van der Waals surface area contributed by atoms with Crippen molar-refractivity contribution >= 4 is 17.7 Å². The molecule has 1 aromatic heterocycles. The average Bonchev–Trinajstić information content (AvgIpc) is 2.96. The molecule has 0 saturated carbocycles. The van der Waals surface area contributed by atoms with Crippen LogP contribution in [0.1, 0.15) is 30.1 Å². The first kappa shape index (κ1) is 15.3. The molecule has 6 heteroatoms. The first-order valence-electron chi connectivity index (χ1n) is 7.15. The van der Waals surface area contributed by atoms with Crippen molar-refractivity contribution in [3.8, 4) is 0 Å². The van der Waals surface area contributed by atoms with Gasteiger partial charge >= 0.3 is 5.97 Å². The number of aromatic nitrogens is 1. The molecule has 0 radical (unpaired) electrons. The molecule has 1 aliphatic heterocycles. The molecular weight excluding hydrogens is 270 g/mol. The summed E-state index contributed by atoms with van der Waals surface area (Å²) in [5.41, 5.74) is 0.426. The standard InChI is InChI=1S/C15H21N3O3/c1-4-21-15(20)11-7-8-13(16-10-11)18-9-5-6-12(18)14(19)17(2)3/h7-8,10,12H,4-6,9H2,1-3H3. The zero-order chi connectivity index (χ0) is 15.4. The monoisotopic (exact) mass is 291 g/mol. The van der Waals surface area contributed by atoms with Crippen molar-refractivity contribution in [2.45, 2.75) is 25.8 Å². The molecule has 0 N–H and O–H groups in total. The Hall–Kier alpha value is -2.11. The van der Waals surface area contributed by atoms with Crippen LogP contribution >= 0.6 is 0 Å². The second kappa shape index (κ2) is 6.56. The molecule has 0 aliphatic carbocycles. The molecule has 1 saturated heterocycles. The Balaban J connectivity index is 2.14. The minimum absolute atomic E-state index is 0.0868. The van der Waals surface area contributed by atoms with Gasteiger partial charge in [-0.1, -0.05) is 0 Å². The highest BCUT2D eigenvalue weighted by Crippen LogP contribution is 2.25. The second-order valence-corrected chi connectivity index (χ2v) is 5.21. The number of anilines is 1. The van der Waals surface area contributed by atoms with E-state index in [1.54, 1.807) is 38.1 Å². The van der Waals surface area contributed by atoms with E-state index in [1.165, 1.54) is 6.20 Å². The number of amides is 1. The van der Waals surface area contributed by atoms with E-state index in [2.05, 4.69) is 4.98 Å². The van der Waals surface area contributed by atoms with E-state index in [0.717, 1.165) is 25.2 Å². The van der Waals surface area contributed by atoms with Crippen LogP contribution in [0.15, 0.2) is 18.3 Å². The third kappa shape index (κ3) is 3.32. The number of carbonyl (C=O) groups excluding carboxylic acids is 2. The van der Waals surface area contributed by atoms with Crippen LogP contribution in [0.5, 0.6) is 0 Å². The Labute approximate surface area is 124 Å². The lowest BCUT2D eigenvalue weighted by molar-refractivity contribution is -0.129. The Morgan fingerprint density at radius 1 is 1.43 bits per heavy atom. The number of pyridine rings is 1. The molecule has 2 heterocycles. The topological polar surface area (TPSA) is 62.7 Å². The third-order valence-electron chi connectivity index (χ3n) is 3.53. The van der Waals surface area contributed by atoms with Gasteiger partial charge in [-0.05, 0) is 31.9 Å². The van der Waals surface area contributed by atoms with E-state index in [-0.39, 0.29) is 17.9 Å². The molecule has 1 amide bonds. The fraction of sp³-hybridized carbons (Fsp3) is 0.533. The predicted molar refractivity (Wildman–Crippen MR) is 79.3 cm³/mol. The van der Waals surface area contributed by atoms with Crippen molar-refractivity contribution in [3.05, 3.63) is 23.9 Å². The van der Waals surface area contributed by atoms with E-state index < -0.39 is 0 Å². The van der Waals surface area contributed by atoms with Gasteiger partial charge in [0, 0.05) is 26.8 Å². The summed E-state index contributed by atoms with van der Waals surface area (Å²) in [4.78, 5) is 31.7. The zero-order valence-corrected chi connectivity index (χ0v) is 12.7. The molecule has 0 aromatic carbocycles. The van der Waals surface area contributed by atoms with Gasteiger partial charge < -0.3 is 14.5 Å². The van der Waals surface area contributed by atoms with Crippen molar-refractivity contribution in [2.75, 3.05) is 32.1 Å². The van der Waals surface area contributed by atoms with Crippen molar-refractivity contribution in [3.63, 3.8) is 0 Å². The summed E-state index contributed by atoms with van der Waals surface area (Å²) in [6.07, 6.45) is 3.30. The summed E-state index contributed by atoms with van der Waals surface area (Å²) in [7, 11) is 3.52. The summed E-state index contributed by atoms with van der Waals surface area (Å²) < 4.78 is 4.93. The van der Waals surface area contributed by atoms with Gasteiger partial charge in [-0.3, -0.25) is 4.79 Å². The highest BCUT2D eigenvalue weighted by atomic mass is 16.5. The molecule has 0 spiro atoms. The third-order valence-corrected chi connectivity index (χ3v) is 3.53. The van der Waals surface area contributed by atoms with Crippen molar-refractivity contribution in [1.29, 1.82) is 0 Å². The SMILES string of the molecule is CCOC(=O)c1ccc(N2CCCC2C(=O)N(C)C)nc1. The number of likely N-dealkylation sites (N-methyl/N-ethyl adjacent to an activating group) is 1. The average molecular weight is 291 g/mol. The number of esters is 1. The van der Waals surface area contributed by atoms with E-state index in [1.807, 2.05) is 4.90 Å². The first-order valence-corrected chi connectivity index (χ1v) is 7.15. The number of carbonyl (C=O) groups is 2. The van der Waals surface area contributed by atoms with E-state index >= 15 is 0 Å². The maximum absolute atomic E-state index is 12.2. The molecular formula is C15H21N3O3. The van der Waals surface area contributed by atoms with Gasteiger partial charge in [0.05, 0.1) is 12.2 Å². The Kier molecular flexibility index (Phi) is 4.77. The van der Waals surface area contributed by atoms with Gasteiger partial charge in [0.15, 0.2) is 0 Å². The summed E-state index contributed by atoms with van der Waals surface area (Å²) in [6.45, 7) is 2.91. The van der Waals surface area contributed by atoms with Crippen LogP contribution in [0.3, 0.4) is 0 Å². The molecule has 1 unspecified atom stereocenters. The van der Waals surface area contributed by atoms with E-state index in [0.29, 0.717) is 12.2 Å². The Morgan fingerprint density at radius 3 is 2.76 bits per heavy atom. The van der Waals surface area contributed by atoms with Gasteiger partial charge in [-0.2, -0.15) is 0 Å². The number of ether oxygens (including phenoxy) is 1. The zero-order valence-electron chi connectivity index (χ0n) is 12.7. The number of hydrogen-bond donors (Lipinski definition) is 0. The van der Waals surface area contributed by atoms with Crippen molar-refractivity contribution in [1.82, 2.24) is 9.88 Å². The van der Waals surface area contributed by atoms with Gasteiger partial charge in [-0.15, -0.1) is 0 Å².